The Balaban J connectivity index is 0.670. The minimum atomic E-state index is -1.06. The first-order valence-corrected chi connectivity index (χ1v) is 30.7. The van der Waals surface area contributed by atoms with Gasteiger partial charge in [0, 0.05) is 123 Å². The number of anilines is 3. The van der Waals surface area contributed by atoms with E-state index in [2.05, 4.69) is 128 Å². The monoisotopic (exact) mass is 1180 g/mol. The lowest BCUT2D eigenvalue weighted by atomic mass is 9.71. The van der Waals surface area contributed by atoms with Crippen LogP contribution in [0.25, 0.3) is 5.57 Å². The second kappa shape index (κ2) is 28.2. The van der Waals surface area contributed by atoms with Crippen LogP contribution in [-0.4, -0.2) is 160 Å². The van der Waals surface area contributed by atoms with Crippen LogP contribution in [0.3, 0.4) is 0 Å². The largest absolute Gasteiger partial charge is 0.382 e. The van der Waals surface area contributed by atoms with Crippen molar-refractivity contribution in [3.8, 4) is 0 Å². The summed E-state index contributed by atoms with van der Waals surface area (Å²) in [5.41, 5.74) is 9.47. The number of fused-ring (bicyclic) bond motifs is 1. The molecular formula is C65H76ClN9O8S. The molecule has 5 N–H and O–H groups in total. The van der Waals surface area contributed by atoms with Gasteiger partial charge in [0.1, 0.15) is 12.6 Å². The van der Waals surface area contributed by atoms with E-state index in [1.807, 2.05) is 36.0 Å². The average Bonchev–Trinajstić information content (AvgIpc) is 3.31. The number of hydrogen-bond acceptors (Lipinski definition) is 14. The van der Waals surface area contributed by atoms with E-state index >= 15 is 0 Å². The summed E-state index contributed by atoms with van der Waals surface area (Å²) < 4.78 is 11.3. The molecule has 3 atom stereocenters. The number of nitrogens with zero attached hydrogens (tertiary/aromatic N) is 4. The van der Waals surface area contributed by atoms with E-state index in [9.17, 15) is 28.8 Å². The second-order valence-corrected chi connectivity index (χ2v) is 24.4. The first-order valence-electron chi connectivity index (χ1n) is 29.4. The minimum Gasteiger partial charge on any atom is -0.382 e. The summed E-state index contributed by atoms with van der Waals surface area (Å²) in [5.74, 6) is -1.65. The molecule has 0 bridgehead atoms. The Kier molecular flexibility index (Phi) is 20.2. The van der Waals surface area contributed by atoms with Crippen molar-refractivity contribution in [2.75, 3.05) is 113 Å². The third-order valence-electron chi connectivity index (χ3n) is 16.7. The van der Waals surface area contributed by atoms with Crippen LogP contribution in [0.5, 0.6) is 0 Å². The fourth-order valence-electron chi connectivity index (χ4n) is 11.9. The van der Waals surface area contributed by atoms with Gasteiger partial charge in [-0.1, -0.05) is 72.6 Å². The van der Waals surface area contributed by atoms with Crippen LogP contribution in [0.4, 0.5) is 17.1 Å². The van der Waals surface area contributed by atoms with E-state index in [-0.39, 0.29) is 67.0 Å². The van der Waals surface area contributed by atoms with Crippen LogP contribution in [0.2, 0.25) is 5.02 Å². The van der Waals surface area contributed by atoms with Crippen molar-refractivity contribution in [2.45, 2.75) is 75.9 Å². The lowest BCUT2D eigenvalue weighted by Gasteiger charge is -2.41. The number of benzene rings is 5. The van der Waals surface area contributed by atoms with Gasteiger partial charge in [-0.2, -0.15) is 0 Å². The molecule has 17 nitrogen and oxygen atoms in total. The lowest BCUT2D eigenvalue weighted by molar-refractivity contribution is -0.136. The summed E-state index contributed by atoms with van der Waals surface area (Å²) in [5, 5.41) is 16.2. The third-order valence-corrected chi connectivity index (χ3v) is 18.1. The molecule has 5 aliphatic rings. The number of morpholine rings is 1. The molecule has 84 heavy (non-hydrogen) atoms. The molecule has 0 saturated carbocycles. The van der Waals surface area contributed by atoms with Crippen LogP contribution in [-0.2, 0) is 30.4 Å². The van der Waals surface area contributed by atoms with Crippen LogP contribution < -0.4 is 31.5 Å². The van der Waals surface area contributed by atoms with E-state index in [1.54, 1.807) is 18.2 Å². The molecule has 2 unspecified atom stereocenters. The van der Waals surface area contributed by atoms with Crippen LogP contribution in [0.15, 0.2) is 126 Å². The van der Waals surface area contributed by atoms with Crippen molar-refractivity contribution >= 4 is 81.4 Å². The molecule has 442 valence electrons. The molecule has 0 aromatic heterocycles. The number of amides is 6. The summed E-state index contributed by atoms with van der Waals surface area (Å²) in [6.45, 7) is 14.4. The number of nitrogens with one attached hydrogen (secondary N) is 5. The number of carbonyl (C=O) groups is 6. The quantitative estimate of drug-likeness (QED) is 0.0225. The maximum absolute atomic E-state index is 13.5. The summed E-state index contributed by atoms with van der Waals surface area (Å²) in [6, 6.07) is 37.1. The minimum absolute atomic E-state index is 0.0379. The standard InChI is InChI=1S/C65H76ClN9O8S/c1-44-37-45(11-20-55(44)70-50(24-27-72-32-35-82-36-33-72)42-84-52-7-4-3-5-8-52)39-68-61(78)47-14-18-51(19-15-47)74-30-28-73(29-31-74)40-48-38-65(2,25-23-53(48)46-12-16-49(66)17-13-46)43-69-59(77)41-83-34-26-67-56-10-6-9-54-60(56)64(81)75(63(54)80)57-21-22-58(76)71-62(57)79/h3-20,37,50,57,67,70H,21-36,38-43H2,1-2H3,(H,68,78)(H,69,77)(H,71,76,79)/t50-,57?,65?/m1/s1. The molecule has 4 heterocycles. The van der Waals surface area contributed by atoms with E-state index in [0.29, 0.717) is 29.4 Å². The van der Waals surface area contributed by atoms with E-state index in [0.717, 1.165) is 124 Å². The lowest BCUT2D eigenvalue weighted by Crippen LogP contribution is -2.54. The van der Waals surface area contributed by atoms with Crippen molar-refractivity contribution in [3.63, 3.8) is 0 Å². The van der Waals surface area contributed by atoms with Gasteiger partial charge in [-0.25, -0.2) is 0 Å². The zero-order chi connectivity index (χ0) is 58.6. The zero-order valence-electron chi connectivity index (χ0n) is 48.0. The SMILES string of the molecule is Cc1cc(CNC(=O)c2ccc(N3CCN(CC4=C(c5ccc(Cl)cc5)CCC(C)(CNC(=O)COCCNc5cccc6c5C(=O)N(C5CCC(=O)NC5=O)C6=O)C4)CC3)cc2)ccc1N[C@H](CCN1CCOCC1)CSc1ccccc1. The van der Waals surface area contributed by atoms with Crippen molar-refractivity contribution in [1.29, 1.82) is 0 Å². The van der Waals surface area contributed by atoms with Gasteiger partial charge >= 0.3 is 0 Å². The Hall–Kier alpha value is -7.06. The molecule has 6 amide bonds. The number of rotatable bonds is 24. The molecule has 10 rings (SSSR count). The van der Waals surface area contributed by atoms with Crippen LogP contribution >= 0.6 is 23.4 Å². The van der Waals surface area contributed by atoms with E-state index in [1.165, 1.54) is 21.6 Å². The van der Waals surface area contributed by atoms with Gasteiger partial charge in [-0.15, -0.1) is 11.8 Å². The summed E-state index contributed by atoms with van der Waals surface area (Å²) in [4.78, 5) is 87.2. The van der Waals surface area contributed by atoms with Gasteiger partial charge in [0.25, 0.3) is 17.7 Å². The van der Waals surface area contributed by atoms with E-state index < -0.39 is 29.7 Å². The Morgan fingerprint density at radius 2 is 1.61 bits per heavy atom. The number of imide groups is 2. The number of carbonyl (C=O) groups excluding carboxylic acids is 6. The van der Waals surface area contributed by atoms with Gasteiger partial charge in [0.2, 0.25) is 17.7 Å². The molecule has 1 aliphatic carbocycles. The van der Waals surface area contributed by atoms with Crippen molar-refractivity contribution < 1.29 is 38.2 Å². The highest BCUT2D eigenvalue weighted by atomic mass is 35.5. The Morgan fingerprint density at radius 3 is 2.36 bits per heavy atom. The Bertz CT molecular complexity index is 3210. The molecule has 0 spiro atoms. The third kappa shape index (κ3) is 15.4. The molecular weight excluding hydrogens is 1100 g/mol. The van der Waals surface area contributed by atoms with Crippen molar-refractivity contribution in [2.24, 2.45) is 5.41 Å². The van der Waals surface area contributed by atoms with E-state index in [4.69, 9.17) is 21.1 Å². The van der Waals surface area contributed by atoms with Crippen molar-refractivity contribution in [1.82, 2.24) is 30.7 Å². The predicted octanol–water partition coefficient (Wildman–Crippen LogP) is 8.29. The Labute approximate surface area is 501 Å². The Morgan fingerprint density at radius 1 is 0.833 bits per heavy atom. The van der Waals surface area contributed by atoms with Gasteiger partial charge in [-0.3, -0.25) is 48.8 Å². The number of ether oxygens (including phenoxy) is 2. The van der Waals surface area contributed by atoms with Gasteiger partial charge in [0.15, 0.2) is 0 Å². The maximum Gasteiger partial charge on any atom is 0.264 e. The summed E-state index contributed by atoms with van der Waals surface area (Å²) in [7, 11) is 0. The smallest absolute Gasteiger partial charge is 0.264 e. The molecule has 19 heteroatoms. The topological polar surface area (TPSA) is 194 Å². The van der Waals surface area contributed by atoms with Crippen molar-refractivity contribution in [3.05, 3.63) is 159 Å². The number of allylic oxidation sites excluding steroid dienone is 1. The second-order valence-electron chi connectivity index (χ2n) is 22.9. The summed E-state index contributed by atoms with van der Waals surface area (Å²) >= 11 is 8.23. The highest BCUT2D eigenvalue weighted by molar-refractivity contribution is 7.99. The zero-order valence-corrected chi connectivity index (χ0v) is 49.6. The number of thioether (sulfide) groups is 1. The number of piperazine rings is 1. The van der Waals surface area contributed by atoms with Gasteiger partial charge in [0.05, 0.1) is 30.9 Å². The predicted molar refractivity (Wildman–Crippen MR) is 330 cm³/mol. The highest BCUT2D eigenvalue weighted by Crippen LogP contribution is 2.43. The average molecular weight is 1180 g/mol. The van der Waals surface area contributed by atoms with Crippen LogP contribution in [0, 0.1) is 12.3 Å². The number of aryl methyl sites for hydroxylation is 1. The first kappa shape index (κ1) is 60.1. The van der Waals surface area contributed by atoms with Crippen LogP contribution in [0.1, 0.15) is 93.2 Å². The van der Waals surface area contributed by atoms with Gasteiger partial charge in [-0.05, 0) is 133 Å². The normalized spacial score (nSPS) is 19.9. The number of hydrogen-bond donors (Lipinski definition) is 5. The molecule has 5 aromatic carbocycles. The highest BCUT2D eigenvalue weighted by Gasteiger charge is 2.45. The van der Waals surface area contributed by atoms with Gasteiger partial charge < -0.3 is 35.6 Å². The fourth-order valence-corrected chi connectivity index (χ4v) is 13.0. The molecule has 3 fully saturated rings. The maximum atomic E-state index is 13.5. The first-order chi connectivity index (χ1) is 40.8. The fraction of sp³-hybridized carbons (Fsp3) is 0.415. The molecule has 3 saturated heterocycles. The molecule has 5 aromatic rings. The molecule has 0 radical (unpaired) electrons. The number of piperidine rings is 1. The summed E-state index contributed by atoms with van der Waals surface area (Å²) in [6.07, 6.45) is 3.71. The molecule has 4 aliphatic heterocycles. The number of halogens is 1.